The second kappa shape index (κ2) is 8.70. The van der Waals surface area contributed by atoms with Crippen molar-refractivity contribution in [1.29, 1.82) is 0 Å². The van der Waals surface area contributed by atoms with Crippen molar-refractivity contribution in [3.8, 4) is 11.5 Å². The topological polar surface area (TPSA) is 88.2 Å². The Morgan fingerprint density at radius 3 is 2.65 bits per heavy atom. The molecule has 0 radical (unpaired) electrons. The molecule has 1 amide bonds. The summed E-state index contributed by atoms with van der Waals surface area (Å²) in [4.78, 5) is 12.5. The number of amides is 1. The summed E-state index contributed by atoms with van der Waals surface area (Å²) in [7, 11) is 2.62. The van der Waals surface area contributed by atoms with Crippen molar-refractivity contribution in [1.82, 2.24) is 13.9 Å². The predicted molar refractivity (Wildman–Crippen MR) is 98.8 cm³/mol. The number of ether oxygens (including phenoxy) is 2. The molecule has 1 aliphatic heterocycles. The molecule has 1 unspecified atom stereocenters. The summed E-state index contributed by atoms with van der Waals surface area (Å²) in [5.74, 6) is 0.668. The summed E-state index contributed by atoms with van der Waals surface area (Å²) in [6.45, 7) is 1.31. The summed E-state index contributed by atoms with van der Waals surface area (Å²) in [5, 5.41) is 2.89. The van der Waals surface area contributed by atoms with Gasteiger partial charge in [0.1, 0.15) is 0 Å². The van der Waals surface area contributed by atoms with Gasteiger partial charge < -0.3 is 14.8 Å². The van der Waals surface area contributed by atoms with Gasteiger partial charge in [-0.1, -0.05) is 6.07 Å². The van der Waals surface area contributed by atoms with Gasteiger partial charge in [0.2, 0.25) is 0 Å². The van der Waals surface area contributed by atoms with Crippen LogP contribution in [0.1, 0.15) is 23.2 Å². The average molecular weight is 385 g/mol. The van der Waals surface area contributed by atoms with E-state index in [1.165, 1.54) is 36.9 Å². The molecule has 9 heteroatoms. The van der Waals surface area contributed by atoms with E-state index in [-0.39, 0.29) is 11.8 Å². The first-order chi connectivity index (χ1) is 12.3. The molecule has 146 valence electrons. The molecule has 0 spiro atoms. The van der Waals surface area contributed by atoms with Gasteiger partial charge in [0, 0.05) is 33.7 Å². The maximum Gasteiger partial charge on any atom is 0.281 e. The van der Waals surface area contributed by atoms with Crippen LogP contribution in [-0.4, -0.2) is 70.9 Å². The molecule has 1 saturated heterocycles. The highest BCUT2D eigenvalue weighted by atomic mass is 32.2. The van der Waals surface area contributed by atoms with Crippen LogP contribution in [0, 0.1) is 5.92 Å². The van der Waals surface area contributed by atoms with E-state index in [2.05, 4.69) is 5.32 Å². The minimum absolute atomic E-state index is 0.0685. The van der Waals surface area contributed by atoms with E-state index in [1.807, 2.05) is 0 Å². The lowest BCUT2D eigenvalue weighted by Gasteiger charge is -2.33. The van der Waals surface area contributed by atoms with Gasteiger partial charge in [0.25, 0.3) is 16.1 Å². The zero-order valence-electron chi connectivity index (χ0n) is 15.7. The lowest BCUT2D eigenvalue weighted by Crippen LogP contribution is -2.47. The first-order valence-corrected chi connectivity index (χ1v) is 9.87. The fraction of sp³-hybridized carbons (Fsp3) is 0.588. The number of benzene rings is 1. The molecule has 1 atom stereocenters. The first-order valence-electron chi connectivity index (χ1n) is 8.48. The molecule has 0 saturated carbocycles. The van der Waals surface area contributed by atoms with Gasteiger partial charge in [-0.25, -0.2) is 0 Å². The Bertz CT molecular complexity index is 736. The number of piperidine rings is 1. The third-order valence-corrected chi connectivity index (χ3v) is 6.38. The number of carbonyl (C=O) groups excluding carboxylic acids is 1. The normalized spacial score (nSPS) is 18.6. The monoisotopic (exact) mass is 385 g/mol. The molecular weight excluding hydrogens is 358 g/mol. The second-order valence-corrected chi connectivity index (χ2v) is 8.55. The second-order valence-electron chi connectivity index (χ2n) is 6.41. The van der Waals surface area contributed by atoms with Crippen molar-refractivity contribution in [2.45, 2.75) is 12.8 Å². The Labute approximate surface area is 155 Å². The maximum atomic E-state index is 12.5. The molecule has 8 nitrogen and oxygen atoms in total. The SMILES string of the molecule is COc1cccc(C(=O)NCC2CCCN(S(=O)(=O)N(C)C)C2)c1OC. The van der Waals surface area contributed by atoms with Gasteiger partial charge >= 0.3 is 0 Å². The van der Waals surface area contributed by atoms with Crippen LogP contribution in [0.4, 0.5) is 0 Å². The quantitative estimate of drug-likeness (QED) is 0.755. The standard InChI is InChI=1S/C17H27N3O5S/c1-19(2)26(22,23)20-10-6-7-13(12-20)11-18-17(21)14-8-5-9-15(24-3)16(14)25-4/h5,8-9,13H,6-7,10-12H2,1-4H3,(H,18,21). The molecule has 26 heavy (non-hydrogen) atoms. The minimum Gasteiger partial charge on any atom is -0.493 e. The van der Waals surface area contributed by atoms with Crippen LogP contribution in [0.25, 0.3) is 0 Å². The van der Waals surface area contributed by atoms with E-state index in [1.54, 1.807) is 18.2 Å². The van der Waals surface area contributed by atoms with Crippen LogP contribution >= 0.6 is 0 Å². The molecule has 0 aliphatic carbocycles. The smallest absolute Gasteiger partial charge is 0.281 e. The van der Waals surface area contributed by atoms with Gasteiger partial charge in [-0.2, -0.15) is 17.0 Å². The maximum absolute atomic E-state index is 12.5. The Morgan fingerprint density at radius 2 is 2.04 bits per heavy atom. The Balaban J connectivity index is 2.02. The molecule has 1 aliphatic rings. The van der Waals surface area contributed by atoms with Crippen LogP contribution in [0.15, 0.2) is 18.2 Å². The van der Waals surface area contributed by atoms with Crippen molar-refractivity contribution in [2.24, 2.45) is 5.92 Å². The molecular formula is C17H27N3O5S. The van der Waals surface area contributed by atoms with Crippen LogP contribution in [0.5, 0.6) is 11.5 Å². The van der Waals surface area contributed by atoms with E-state index in [9.17, 15) is 13.2 Å². The Kier molecular flexibility index (Phi) is 6.85. The number of rotatable bonds is 7. The molecule has 0 aromatic heterocycles. The molecule has 0 bridgehead atoms. The highest BCUT2D eigenvalue weighted by Crippen LogP contribution is 2.30. The van der Waals surface area contributed by atoms with E-state index in [4.69, 9.17) is 9.47 Å². The van der Waals surface area contributed by atoms with Gasteiger partial charge in [-0.05, 0) is 30.9 Å². The highest BCUT2D eigenvalue weighted by molar-refractivity contribution is 7.86. The van der Waals surface area contributed by atoms with Crippen LogP contribution < -0.4 is 14.8 Å². The van der Waals surface area contributed by atoms with Gasteiger partial charge in [0.05, 0.1) is 19.8 Å². The third-order valence-electron chi connectivity index (χ3n) is 4.47. The minimum atomic E-state index is -3.43. The number of methoxy groups -OCH3 is 2. The van der Waals surface area contributed by atoms with Gasteiger partial charge in [-0.3, -0.25) is 4.79 Å². The first kappa shape index (κ1) is 20.5. The summed E-state index contributed by atoms with van der Waals surface area (Å²) >= 11 is 0. The molecule has 1 fully saturated rings. The van der Waals surface area contributed by atoms with E-state index in [0.717, 1.165) is 12.8 Å². The molecule has 1 N–H and O–H groups in total. The van der Waals surface area contributed by atoms with Gasteiger partial charge in [-0.15, -0.1) is 0 Å². The molecule has 2 rings (SSSR count). The van der Waals surface area contributed by atoms with Crippen molar-refractivity contribution in [3.63, 3.8) is 0 Å². The van der Waals surface area contributed by atoms with Crippen molar-refractivity contribution in [3.05, 3.63) is 23.8 Å². The van der Waals surface area contributed by atoms with Crippen LogP contribution in [0.2, 0.25) is 0 Å². The molecule has 1 heterocycles. The number of hydrogen-bond acceptors (Lipinski definition) is 5. The zero-order valence-corrected chi connectivity index (χ0v) is 16.5. The van der Waals surface area contributed by atoms with Crippen molar-refractivity contribution in [2.75, 3.05) is 47.9 Å². The fourth-order valence-electron chi connectivity index (χ4n) is 3.03. The zero-order chi connectivity index (χ0) is 19.3. The van der Waals surface area contributed by atoms with Crippen molar-refractivity contribution >= 4 is 16.1 Å². The van der Waals surface area contributed by atoms with E-state index < -0.39 is 10.2 Å². The lowest BCUT2D eigenvalue weighted by atomic mass is 9.99. The van der Waals surface area contributed by atoms with Crippen LogP contribution in [-0.2, 0) is 10.2 Å². The van der Waals surface area contributed by atoms with E-state index in [0.29, 0.717) is 36.7 Å². The average Bonchev–Trinajstić information content (AvgIpc) is 2.65. The van der Waals surface area contributed by atoms with E-state index >= 15 is 0 Å². The number of nitrogens with zero attached hydrogens (tertiary/aromatic N) is 2. The lowest BCUT2D eigenvalue weighted by molar-refractivity contribution is 0.0937. The summed E-state index contributed by atoms with van der Waals surface area (Å²) in [5.41, 5.74) is 0.389. The molecule has 1 aromatic rings. The number of carbonyl (C=O) groups is 1. The summed E-state index contributed by atoms with van der Waals surface area (Å²) in [6, 6.07) is 5.11. The van der Waals surface area contributed by atoms with Crippen LogP contribution in [0.3, 0.4) is 0 Å². The van der Waals surface area contributed by atoms with Gasteiger partial charge in [0.15, 0.2) is 11.5 Å². The Hall–Kier alpha value is -1.84. The highest BCUT2D eigenvalue weighted by Gasteiger charge is 2.30. The number of nitrogens with one attached hydrogen (secondary N) is 1. The summed E-state index contributed by atoms with van der Waals surface area (Å²) in [6.07, 6.45) is 1.64. The number of para-hydroxylation sites is 1. The third kappa shape index (κ3) is 4.46. The van der Waals surface area contributed by atoms with Crippen molar-refractivity contribution < 1.29 is 22.7 Å². The predicted octanol–water partition coefficient (Wildman–Crippen LogP) is 0.952. The fourth-order valence-corrected chi connectivity index (χ4v) is 4.25. The largest absolute Gasteiger partial charge is 0.493 e. The Morgan fingerprint density at radius 1 is 1.31 bits per heavy atom. The number of hydrogen-bond donors (Lipinski definition) is 1. The summed E-state index contributed by atoms with van der Waals surface area (Å²) < 4.78 is 37.7. The molecule has 1 aromatic carbocycles.